The predicted molar refractivity (Wildman–Crippen MR) is 93.3 cm³/mol. The Kier molecular flexibility index (Phi) is 3.62. The molecule has 0 spiro atoms. The number of nitrogens with one attached hydrogen (secondary N) is 1. The molecule has 21 heavy (non-hydrogen) atoms. The second-order valence-corrected chi connectivity index (χ2v) is 8.25. The lowest BCUT2D eigenvalue weighted by molar-refractivity contribution is 0.0954. The van der Waals surface area contributed by atoms with E-state index in [-0.39, 0.29) is 11.3 Å². The Morgan fingerprint density at radius 3 is 2.71 bits per heavy atom. The van der Waals surface area contributed by atoms with E-state index < -0.39 is 0 Å². The topological polar surface area (TPSA) is 41.5 Å². The van der Waals surface area contributed by atoms with E-state index in [0.717, 1.165) is 9.99 Å². The molecule has 1 aromatic carbocycles. The van der Waals surface area contributed by atoms with E-state index in [1.54, 1.807) is 0 Å². The Morgan fingerprint density at radius 1 is 1.38 bits per heavy atom. The van der Waals surface area contributed by atoms with Crippen molar-refractivity contribution in [2.75, 3.05) is 0 Å². The Bertz CT molecular complexity index is 623. The van der Waals surface area contributed by atoms with Gasteiger partial charge in [0.2, 0.25) is 0 Å². The van der Waals surface area contributed by atoms with Crippen molar-refractivity contribution in [3.63, 3.8) is 0 Å². The Labute approximate surface area is 139 Å². The molecule has 0 heterocycles. The van der Waals surface area contributed by atoms with Gasteiger partial charge >= 0.3 is 0 Å². The molecule has 3 nitrogen and oxygen atoms in total. The molecule has 112 valence electrons. The quantitative estimate of drug-likeness (QED) is 0.590. The molecule has 1 N–H and O–H groups in total. The van der Waals surface area contributed by atoms with E-state index in [9.17, 15) is 4.79 Å². The van der Waals surface area contributed by atoms with Crippen LogP contribution in [-0.2, 0) is 0 Å². The minimum absolute atomic E-state index is 0.120. The maximum atomic E-state index is 12.2. The molecule has 2 aliphatic carbocycles. The van der Waals surface area contributed by atoms with Gasteiger partial charge in [-0.2, -0.15) is 5.10 Å². The van der Waals surface area contributed by atoms with Gasteiger partial charge in [0.1, 0.15) is 0 Å². The molecule has 0 radical (unpaired) electrons. The summed E-state index contributed by atoms with van der Waals surface area (Å²) in [4.78, 5) is 12.2. The fourth-order valence-corrected chi connectivity index (χ4v) is 4.45. The summed E-state index contributed by atoms with van der Waals surface area (Å²) in [6, 6.07) is 7.57. The monoisotopic (exact) mass is 396 g/mol. The van der Waals surface area contributed by atoms with Gasteiger partial charge in [-0.1, -0.05) is 26.8 Å². The van der Waals surface area contributed by atoms with Crippen LogP contribution in [0.3, 0.4) is 0 Å². The molecular weight excluding hydrogens is 375 g/mol. The van der Waals surface area contributed by atoms with E-state index in [4.69, 9.17) is 0 Å². The summed E-state index contributed by atoms with van der Waals surface area (Å²) in [7, 11) is 0. The van der Waals surface area contributed by atoms with E-state index in [2.05, 4.69) is 53.9 Å². The normalized spacial score (nSPS) is 31.6. The third-order valence-corrected chi connectivity index (χ3v) is 6.56. The number of benzene rings is 1. The second kappa shape index (κ2) is 5.07. The summed E-state index contributed by atoms with van der Waals surface area (Å²) in [5.74, 6) is 0.584. The maximum Gasteiger partial charge on any atom is 0.271 e. The minimum Gasteiger partial charge on any atom is -0.267 e. The zero-order valence-electron chi connectivity index (χ0n) is 12.7. The molecule has 2 atom stereocenters. The van der Waals surface area contributed by atoms with Gasteiger partial charge < -0.3 is 0 Å². The van der Waals surface area contributed by atoms with Gasteiger partial charge in [-0.3, -0.25) is 4.79 Å². The van der Waals surface area contributed by atoms with Gasteiger partial charge in [0, 0.05) is 20.3 Å². The lowest BCUT2D eigenvalue weighted by Crippen LogP contribution is -2.34. The van der Waals surface area contributed by atoms with Gasteiger partial charge in [0.25, 0.3) is 5.91 Å². The van der Waals surface area contributed by atoms with E-state index in [0.29, 0.717) is 16.9 Å². The lowest BCUT2D eigenvalue weighted by atomic mass is 9.70. The smallest absolute Gasteiger partial charge is 0.267 e. The second-order valence-electron chi connectivity index (χ2n) is 7.00. The van der Waals surface area contributed by atoms with Crippen molar-refractivity contribution in [1.82, 2.24) is 5.43 Å². The van der Waals surface area contributed by atoms with Gasteiger partial charge in [-0.25, -0.2) is 5.43 Å². The standard InChI is InChI=1S/C17H21IN2O/c1-16(2)12-7-8-17(16,3)14(10-12)19-20-15(21)11-5-4-6-13(18)9-11/h4-6,9,12H,7-8,10H2,1-3H3,(H,20,21)/b19-14+/t12-,17-/m0/s1. The van der Waals surface area contributed by atoms with Crippen LogP contribution in [0.1, 0.15) is 50.4 Å². The van der Waals surface area contributed by atoms with Crippen LogP contribution >= 0.6 is 22.6 Å². The number of amides is 1. The van der Waals surface area contributed by atoms with Crippen molar-refractivity contribution in [3.8, 4) is 0 Å². The highest BCUT2D eigenvalue weighted by Gasteiger charge is 2.59. The van der Waals surface area contributed by atoms with Gasteiger partial charge in [-0.05, 0) is 71.4 Å². The predicted octanol–water partition coefficient (Wildman–Crippen LogP) is 4.22. The molecular formula is C17H21IN2O. The maximum absolute atomic E-state index is 12.2. The van der Waals surface area contributed by atoms with Crippen LogP contribution in [-0.4, -0.2) is 11.6 Å². The van der Waals surface area contributed by atoms with E-state index >= 15 is 0 Å². The highest BCUT2D eigenvalue weighted by molar-refractivity contribution is 14.1. The fourth-order valence-electron chi connectivity index (χ4n) is 3.91. The van der Waals surface area contributed by atoms with Crippen molar-refractivity contribution >= 4 is 34.2 Å². The van der Waals surface area contributed by atoms with Crippen LogP contribution in [0.15, 0.2) is 29.4 Å². The van der Waals surface area contributed by atoms with Crippen molar-refractivity contribution in [2.24, 2.45) is 21.8 Å². The largest absolute Gasteiger partial charge is 0.271 e. The van der Waals surface area contributed by atoms with Crippen LogP contribution in [0, 0.1) is 20.3 Å². The summed E-state index contributed by atoms with van der Waals surface area (Å²) in [6.45, 7) is 6.99. The van der Waals surface area contributed by atoms with Crippen molar-refractivity contribution in [1.29, 1.82) is 0 Å². The summed E-state index contributed by atoms with van der Waals surface area (Å²) >= 11 is 2.21. The van der Waals surface area contributed by atoms with Crippen molar-refractivity contribution in [3.05, 3.63) is 33.4 Å². The van der Waals surface area contributed by atoms with Crippen molar-refractivity contribution in [2.45, 2.75) is 40.0 Å². The average molecular weight is 396 g/mol. The zero-order valence-corrected chi connectivity index (χ0v) is 14.9. The van der Waals surface area contributed by atoms with Gasteiger partial charge in [0.05, 0.1) is 0 Å². The molecule has 0 aromatic heterocycles. The Hall–Kier alpha value is -0.910. The van der Waals surface area contributed by atoms with Crippen molar-refractivity contribution < 1.29 is 4.79 Å². The molecule has 3 rings (SSSR count). The number of rotatable bonds is 2. The van der Waals surface area contributed by atoms with E-state index in [1.807, 2.05) is 24.3 Å². The zero-order chi connectivity index (χ0) is 15.3. The molecule has 2 aliphatic rings. The first kappa shape index (κ1) is 15.0. The molecule has 2 bridgehead atoms. The number of nitrogens with zero attached hydrogens (tertiary/aromatic N) is 1. The Balaban J connectivity index is 1.77. The van der Waals surface area contributed by atoms with Crippen LogP contribution in [0.4, 0.5) is 0 Å². The summed E-state index contributed by atoms with van der Waals surface area (Å²) in [5.41, 5.74) is 5.02. The Morgan fingerprint density at radius 2 is 2.14 bits per heavy atom. The molecule has 4 heteroatoms. The minimum atomic E-state index is -0.120. The molecule has 2 fully saturated rings. The SMILES string of the molecule is CC1(C)[C@H]2CC[C@@]1(C)/C(=N/NC(=O)c1cccc(I)c1)C2. The van der Waals surface area contributed by atoms with Crippen LogP contribution in [0.2, 0.25) is 0 Å². The highest BCUT2D eigenvalue weighted by Crippen LogP contribution is 2.63. The number of hydrogen-bond acceptors (Lipinski definition) is 2. The third-order valence-electron chi connectivity index (χ3n) is 5.89. The molecule has 0 saturated heterocycles. The average Bonchev–Trinajstić information content (AvgIpc) is 2.77. The summed E-state index contributed by atoms with van der Waals surface area (Å²) < 4.78 is 1.06. The van der Waals surface area contributed by atoms with Gasteiger partial charge in [0.15, 0.2) is 0 Å². The van der Waals surface area contributed by atoms with Gasteiger partial charge in [-0.15, -0.1) is 0 Å². The number of fused-ring (bicyclic) bond motifs is 2. The summed E-state index contributed by atoms with van der Waals surface area (Å²) in [6.07, 6.45) is 3.49. The number of hydrogen-bond donors (Lipinski definition) is 1. The number of carbonyl (C=O) groups excluding carboxylic acids is 1. The number of hydrazone groups is 1. The molecule has 1 aromatic rings. The number of carbonyl (C=O) groups is 1. The summed E-state index contributed by atoms with van der Waals surface area (Å²) in [5, 5.41) is 4.49. The highest BCUT2D eigenvalue weighted by atomic mass is 127. The first-order valence-corrected chi connectivity index (χ1v) is 8.55. The third kappa shape index (κ3) is 2.31. The molecule has 1 amide bonds. The molecule has 2 saturated carbocycles. The molecule has 0 unspecified atom stereocenters. The first-order chi connectivity index (χ1) is 9.84. The van der Waals surface area contributed by atoms with Crippen LogP contribution in [0.25, 0.3) is 0 Å². The fraction of sp³-hybridized carbons (Fsp3) is 0.529. The van der Waals surface area contributed by atoms with Crippen LogP contribution < -0.4 is 5.43 Å². The van der Waals surface area contributed by atoms with Crippen LogP contribution in [0.5, 0.6) is 0 Å². The first-order valence-electron chi connectivity index (χ1n) is 7.47. The lowest BCUT2D eigenvalue weighted by Gasteiger charge is -2.34. The van der Waals surface area contributed by atoms with E-state index in [1.165, 1.54) is 18.6 Å². The molecule has 0 aliphatic heterocycles. The number of halogens is 1.